The van der Waals surface area contributed by atoms with Crippen LogP contribution in [0.15, 0.2) is 0 Å². The maximum absolute atomic E-state index is 5.83. The number of ether oxygens (including phenoxy) is 2. The molecule has 0 aliphatic carbocycles. The van der Waals surface area contributed by atoms with Gasteiger partial charge in [0.25, 0.3) is 0 Å². The van der Waals surface area contributed by atoms with Crippen LogP contribution in [0.25, 0.3) is 0 Å². The van der Waals surface area contributed by atoms with Crippen molar-refractivity contribution in [2.24, 2.45) is 0 Å². The molecule has 0 radical (unpaired) electrons. The Morgan fingerprint density at radius 2 is 2.44 bits per heavy atom. The number of likely N-dealkylation sites (N-methyl/N-ethyl adjacent to an activating group) is 1. The van der Waals surface area contributed by atoms with Crippen LogP contribution in [-0.2, 0) is 9.47 Å². The number of methoxy groups -OCH3 is 1. The number of rotatable bonds is 7. The Hall–Kier alpha value is 0.130. The molecule has 0 bridgehead atoms. The first-order chi connectivity index (χ1) is 7.80. The van der Waals surface area contributed by atoms with Gasteiger partial charge in [0.1, 0.15) is 0 Å². The lowest BCUT2D eigenvalue weighted by Gasteiger charge is -2.32. The molecule has 5 heteroatoms. The standard InChI is InChI=1S/C11H23ClN2O2/c1-3-14-4-5-16-11(8-14)7-13-10(6-12)9-15-2/h10-11,13H,3-9H2,1-2H3. The summed E-state index contributed by atoms with van der Waals surface area (Å²) >= 11 is 5.83. The molecule has 2 unspecified atom stereocenters. The van der Waals surface area contributed by atoms with Gasteiger partial charge in [-0.15, -0.1) is 11.6 Å². The maximum atomic E-state index is 5.83. The summed E-state index contributed by atoms with van der Waals surface area (Å²) in [5.41, 5.74) is 0. The van der Waals surface area contributed by atoms with Crippen LogP contribution in [0.5, 0.6) is 0 Å². The molecular formula is C11H23ClN2O2. The normalized spacial score (nSPS) is 24.6. The summed E-state index contributed by atoms with van der Waals surface area (Å²) in [5, 5.41) is 3.38. The minimum Gasteiger partial charge on any atom is -0.383 e. The molecule has 4 nitrogen and oxygen atoms in total. The Bertz CT molecular complexity index is 183. The van der Waals surface area contributed by atoms with Crippen LogP contribution in [0.2, 0.25) is 0 Å². The molecule has 0 amide bonds. The van der Waals surface area contributed by atoms with Crippen molar-refractivity contribution in [3.63, 3.8) is 0 Å². The van der Waals surface area contributed by atoms with Crippen molar-refractivity contribution >= 4 is 11.6 Å². The van der Waals surface area contributed by atoms with E-state index in [1.165, 1.54) is 0 Å². The van der Waals surface area contributed by atoms with Crippen LogP contribution in [0.3, 0.4) is 0 Å². The van der Waals surface area contributed by atoms with E-state index in [1.807, 2.05) is 0 Å². The second-order valence-electron chi connectivity index (χ2n) is 4.10. The third-order valence-corrected chi connectivity index (χ3v) is 3.23. The number of alkyl halides is 1. The van der Waals surface area contributed by atoms with Gasteiger partial charge in [-0.3, -0.25) is 4.90 Å². The molecule has 0 aromatic carbocycles. The number of nitrogens with one attached hydrogen (secondary N) is 1. The summed E-state index contributed by atoms with van der Waals surface area (Å²) in [5.74, 6) is 0.568. The zero-order valence-corrected chi connectivity index (χ0v) is 11.0. The van der Waals surface area contributed by atoms with E-state index in [2.05, 4.69) is 17.1 Å². The first kappa shape index (κ1) is 14.2. The number of hydrogen-bond donors (Lipinski definition) is 1. The quantitative estimate of drug-likeness (QED) is 0.670. The van der Waals surface area contributed by atoms with Crippen LogP contribution in [0.1, 0.15) is 6.92 Å². The average Bonchev–Trinajstić information content (AvgIpc) is 2.34. The summed E-state index contributed by atoms with van der Waals surface area (Å²) < 4.78 is 10.8. The molecule has 1 aliphatic rings. The Kier molecular flexibility index (Phi) is 7.32. The van der Waals surface area contributed by atoms with Gasteiger partial charge >= 0.3 is 0 Å². The number of nitrogens with zero attached hydrogens (tertiary/aromatic N) is 1. The van der Waals surface area contributed by atoms with Crippen molar-refractivity contribution in [1.82, 2.24) is 10.2 Å². The molecule has 1 N–H and O–H groups in total. The van der Waals surface area contributed by atoms with Crippen molar-refractivity contribution in [2.45, 2.75) is 19.1 Å². The van der Waals surface area contributed by atoms with Gasteiger partial charge in [-0.1, -0.05) is 6.92 Å². The van der Waals surface area contributed by atoms with Gasteiger partial charge < -0.3 is 14.8 Å². The zero-order chi connectivity index (χ0) is 11.8. The highest BCUT2D eigenvalue weighted by atomic mass is 35.5. The Morgan fingerprint density at radius 1 is 1.62 bits per heavy atom. The number of halogens is 1. The Labute approximate surface area is 103 Å². The lowest BCUT2D eigenvalue weighted by Crippen LogP contribution is -2.49. The largest absolute Gasteiger partial charge is 0.383 e. The molecule has 0 aromatic rings. The predicted molar refractivity (Wildman–Crippen MR) is 66.2 cm³/mol. The van der Waals surface area contributed by atoms with Crippen molar-refractivity contribution in [3.05, 3.63) is 0 Å². The van der Waals surface area contributed by atoms with Crippen molar-refractivity contribution in [3.8, 4) is 0 Å². The molecule has 1 aliphatic heterocycles. The van der Waals surface area contributed by atoms with E-state index in [1.54, 1.807) is 7.11 Å². The molecule has 1 rings (SSSR count). The van der Waals surface area contributed by atoms with E-state index in [0.29, 0.717) is 12.5 Å². The molecule has 0 spiro atoms. The monoisotopic (exact) mass is 250 g/mol. The van der Waals surface area contributed by atoms with Crippen LogP contribution in [0.4, 0.5) is 0 Å². The molecule has 16 heavy (non-hydrogen) atoms. The van der Waals surface area contributed by atoms with E-state index >= 15 is 0 Å². The highest BCUT2D eigenvalue weighted by Crippen LogP contribution is 2.04. The van der Waals surface area contributed by atoms with Gasteiger partial charge in [0.15, 0.2) is 0 Å². The Balaban J connectivity index is 2.20. The summed E-state index contributed by atoms with van der Waals surface area (Å²) in [7, 11) is 1.69. The second-order valence-corrected chi connectivity index (χ2v) is 4.41. The predicted octanol–water partition coefficient (Wildman–Crippen LogP) is 0.551. The van der Waals surface area contributed by atoms with Crippen molar-refractivity contribution < 1.29 is 9.47 Å². The lowest BCUT2D eigenvalue weighted by atomic mass is 10.2. The van der Waals surface area contributed by atoms with Gasteiger partial charge in [0.05, 0.1) is 19.3 Å². The van der Waals surface area contributed by atoms with Crippen LogP contribution < -0.4 is 5.32 Å². The zero-order valence-electron chi connectivity index (χ0n) is 10.2. The van der Waals surface area contributed by atoms with Gasteiger partial charge in [-0.25, -0.2) is 0 Å². The summed E-state index contributed by atoms with van der Waals surface area (Å²) in [6, 6.07) is 0.215. The van der Waals surface area contributed by atoms with E-state index in [0.717, 1.165) is 32.8 Å². The number of hydrogen-bond acceptors (Lipinski definition) is 4. The van der Waals surface area contributed by atoms with E-state index in [-0.39, 0.29) is 12.1 Å². The minimum absolute atomic E-state index is 0.215. The lowest BCUT2D eigenvalue weighted by molar-refractivity contribution is -0.0269. The first-order valence-corrected chi connectivity index (χ1v) is 6.45. The van der Waals surface area contributed by atoms with Crippen LogP contribution in [-0.4, -0.2) is 69.4 Å². The molecule has 96 valence electrons. The van der Waals surface area contributed by atoms with E-state index < -0.39 is 0 Å². The third-order valence-electron chi connectivity index (χ3n) is 2.86. The summed E-state index contributed by atoms with van der Waals surface area (Å²) in [4.78, 5) is 2.40. The molecular weight excluding hydrogens is 228 g/mol. The van der Waals surface area contributed by atoms with Crippen LogP contribution in [0, 0.1) is 0 Å². The van der Waals surface area contributed by atoms with Crippen molar-refractivity contribution in [1.29, 1.82) is 0 Å². The van der Waals surface area contributed by atoms with Gasteiger partial charge in [-0.05, 0) is 6.54 Å². The topological polar surface area (TPSA) is 33.7 Å². The molecule has 0 aromatic heterocycles. The highest BCUT2D eigenvalue weighted by molar-refractivity contribution is 6.18. The maximum Gasteiger partial charge on any atom is 0.0826 e. The average molecular weight is 251 g/mol. The fourth-order valence-electron chi connectivity index (χ4n) is 1.85. The number of morpholine rings is 1. The van der Waals surface area contributed by atoms with E-state index in [4.69, 9.17) is 21.1 Å². The fraction of sp³-hybridized carbons (Fsp3) is 1.00. The summed E-state index contributed by atoms with van der Waals surface area (Å²) in [6.07, 6.45) is 0.274. The third kappa shape index (κ3) is 4.97. The molecule has 1 fully saturated rings. The van der Waals surface area contributed by atoms with Gasteiger partial charge in [-0.2, -0.15) is 0 Å². The SMILES string of the molecule is CCN1CCOC(CNC(CCl)COC)C1. The van der Waals surface area contributed by atoms with E-state index in [9.17, 15) is 0 Å². The van der Waals surface area contributed by atoms with Gasteiger partial charge in [0, 0.05) is 38.7 Å². The van der Waals surface area contributed by atoms with Gasteiger partial charge in [0.2, 0.25) is 0 Å². The second kappa shape index (κ2) is 8.25. The molecule has 1 saturated heterocycles. The smallest absolute Gasteiger partial charge is 0.0826 e. The summed E-state index contributed by atoms with van der Waals surface area (Å²) in [6.45, 7) is 7.65. The highest BCUT2D eigenvalue weighted by Gasteiger charge is 2.19. The Morgan fingerprint density at radius 3 is 3.06 bits per heavy atom. The first-order valence-electron chi connectivity index (χ1n) is 5.92. The van der Waals surface area contributed by atoms with Crippen LogP contribution >= 0.6 is 11.6 Å². The van der Waals surface area contributed by atoms with Crippen molar-refractivity contribution in [2.75, 3.05) is 52.4 Å². The fourth-order valence-corrected chi connectivity index (χ4v) is 2.05. The molecule has 1 heterocycles. The minimum atomic E-state index is 0.215. The molecule has 2 atom stereocenters. The molecule has 0 saturated carbocycles.